The second-order valence-electron chi connectivity index (χ2n) is 5.86. The zero-order chi connectivity index (χ0) is 22.6. The number of hydrogen-bond acceptors (Lipinski definition) is 8. The molecule has 0 N–H and O–H groups in total. The van der Waals surface area contributed by atoms with Crippen molar-refractivity contribution in [2.45, 2.75) is 67.2 Å². The lowest BCUT2D eigenvalue weighted by Gasteiger charge is -2.25. The third kappa shape index (κ3) is 12.9. The van der Waals surface area contributed by atoms with Crippen LogP contribution < -0.4 is 0 Å². The van der Waals surface area contributed by atoms with E-state index in [1.807, 2.05) is 53.7 Å². The molecule has 0 radical (unpaired) electrons. The Hall–Kier alpha value is -0.726. The molecule has 0 heterocycles. The summed E-state index contributed by atoms with van der Waals surface area (Å²) in [6.45, 7) is 14.3. The van der Waals surface area contributed by atoms with E-state index >= 15 is 0 Å². The maximum Gasteiger partial charge on any atom is 0.749 e. The molecule has 30 heavy (non-hydrogen) atoms. The molecule has 0 aliphatic rings. The van der Waals surface area contributed by atoms with Crippen LogP contribution in [0, 0.1) is 0 Å². The zero-order valence-corrected chi connectivity index (χ0v) is 21.6. The molecule has 0 aliphatic carbocycles. The van der Waals surface area contributed by atoms with Gasteiger partial charge in [-0.25, -0.2) is 0 Å². The Kier molecular flexibility index (Phi) is 18.5. The maximum absolute atomic E-state index is 5.72. The first-order valence-corrected chi connectivity index (χ1v) is 14.3. The van der Waals surface area contributed by atoms with E-state index in [1.54, 1.807) is 12.5 Å². The van der Waals surface area contributed by atoms with Crippen molar-refractivity contribution in [3.63, 3.8) is 0 Å². The summed E-state index contributed by atoms with van der Waals surface area (Å²) in [5.74, 6) is 0. The van der Waals surface area contributed by atoms with Crippen molar-refractivity contribution >= 4 is 18.1 Å². The average Bonchev–Trinajstić information content (AvgIpc) is 2.70. The average molecular weight is 467 g/mol. The monoisotopic (exact) mass is 466 g/mol. The van der Waals surface area contributed by atoms with Gasteiger partial charge in [-0.1, -0.05) is 12.2 Å². The van der Waals surface area contributed by atoms with Crippen LogP contribution in [-0.2, 0) is 35.4 Å². The molecule has 0 saturated carbocycles. The molecule has 0 atom stereocenters. The first-order valence-electron chi connectivity index (χ1n) is 11.1. The first kappa shape index (κ1) is 29.3. The summed E-state index contributed by atoms with van der Waals surface area (Å²) in [5.41, 5.74) is 0. The third-order valence-corrected chi connectivity index (χ3v) is 8.24. The minimum atomic E-state index is -3.07. The third-order valence-electron chi connectivity index (χ3n) is 3.54. The van der Waals surface area contributed by atoms with Gasteiger partial charge in [-0.2, -0.15) is 0 Å². The fourth-order valence-corrected chi connectivity index (χ4v) is 5.99. The molecule has 178 valence electrons. The van der Waals surface area contributed by atoms with Crippen LogP contribution in [0.5, 0.6) is 0 Å². The highest BCUT2D eigenvalue weighted by Gasteiger charge is 2.47. The van der Waals surface area contributed by atoms with E-state index in [4.69, 9.17) is 35.4 Å². The molecular weight excluding hydrogens is 424 g/mol. The molecule has 0 saturated heterocycles. The molecular formula is C20H42O8Si2. The maximum atomic E-state index is 5.72. The van der Waals surface area contributed by atoms with Gasteiger partial charge in [0, 0.05) is 39.6 Å². The van der Waals surface area contributed by atoms with Gasteiger partial charge < -0.3 is 35.4 Å². The highest BCUT2D eigenvalue weighted by Crippen LogP contribution is 2.14. The lowest BCUT2D eigenvalue weighted by Crippen LogP contribution is -2.48. The largest absolute Gasteiger partial charge is 0.749 e. The highest BCUT2D eigenvalue weighted by atomic mass is 28.4. The van der Waals surface area contributed by atoms with Crippen LogP contribution in [0.1, 0.15) is 67.2 Å². The summed E-state index contributed by atoms with van der Waals surface area (Å²) in [6.07, 6.45) is 11.0. The summed E-state index contributed by atoms with van der Waals surface area (Å²) < 4.78 is 45.2. The summed E-state index contributed by atoms with van der Waals surface area (Å²) >= 11 is 0. The molecule has 10 heteroatoms. The quantitative estimate of drug-likeness (QED) is 0.137. The molecule has 0 aliphatic heterocycles. The lowest BCUT2D eigenvalue weighted by atomic mass is 10.2. The molecule has 0 aromatic heterocycles. The Morgan fingerprint density at radius 1 is 0.467 bits per heavy atom. The molecule has 0 bridgehead atoms. The SMILES string of the molecule is CCO[Si](O/C=C/CCCC/C=C/O[Si](OCC)(OCC)OCC)(OCC)OCC. The standard InChI is InChI=1S/C20H42O8Si2/c1-7-21-29(22-8-2,23-9-3)27-19-17-15-13-14-16-18-20-28-30(24-10-4,25-11-5)26-12-6/h17-20H,7-16H2,1-6H3/b19-17+,20-18+. The number of unbranched alkanes of at least 4 members (excludes halogenated alkanes) is 3. The molecule has 0 aromatic rings. The van der Waals surface area contributed by atoms with E-state index in [9.17, 15) is 0 Å². The minimum Gasteiger partial charge on any atom is -0.487 e. The van der Waals surface area contributed by atoms with E-state index in [1.165, 1.54) is 0 Å². The molecule has 0 spiro atoms. The highest BCUT2D eigenvalue weighted by molar-refractivity contribution is 6.54. The summed E-state index contributed by atoms with van der Waals surface area (Å²) in [4.78, 5) is 0. The van der Waals surface area contributed by atoms with E-state index < -0.39 is 18.1 Å². The Balaban J connectivity index is 4.27. The minimum absolute atomic E-state index is 0.481. The second kappa shape index (κ2) is 19.0. The Morgan fingerprint density at radius 2 is 0.733 bits per heavy atom. The van der Waals surface area contributed by atoms with Crippen LogP contribution in [0.3, 0.4) is 0 Å². The summed E-state index contributed by atoms with van der Waals surface area (Å²) in [5, 5.41) is 0. The predicted molar refractivity (Wildman–Crippen MR) is 120 cm³/mol. The van der Waals surface area contributed by atoms with E-state index in [0.717, 1.165) is 25.7 Å². The number of allylic oxidation sites excluding steroid dienone is 2. The van der Waals surface area contributed by atoms with Crippen LogP contribution in [0.2, 0.25) is 0 Å². The van der Waals surface area contributed by atoms with Gasteiger partial charge in [0.15, 0.2) is 0 Å². The normalized spacial score (nSPS) is 12.9. The van der Waals surface area contributed by atoms with Crippen molar-refractivity contribution in [3.8, 4) is 0 Å². The Labute approximate surface area is 185 Å². The van der Waals surface area contributed by atoms with E-state index in [2.05, 4.69) is 0 Å². The number of rotatable bonds is 21. The lowest BCUT2D eigenvalue weighted by molar-refractivity contribution is -0.00497. The molecule has 0 unspecified atom stereocenters. The van der Waals surface area contributed by atoms with Gasteiger partial charge in [0.25, 0.3) is 0 Å². The second-order valence-corrected chi connectivity index (χ2v) is 10.1. The van der Waals surface area contributed by atoms with Crippen molar-refractivity contribution < 1.29 is 35.4 Å². The van der Waals surface area contributed by atoms with Gasteiger partial charge >= 0.3 is 18.1 Å². The Morgan fingerprint density at radius 3 is 0.967 bits per heavy atom. The van der Waals surface area contributed by atoms with Gasteiger partial charge in [-0.3, -0.25) is 0 Å². The smallest absolute Gasteiger partial charge is 0.487 e. The van der Waals surface area contributed by atoms with Crippen molar-refractivity contribution in [1.29, 1.82) is 0 Å². The fourth-order valence-electron chi connectivity index (χ4n) is 2.44. The van der Waals surface area contributed by atoms with E-state index in [0.29, 0.717) is 39.6 Å². The van der Waals surface area contributed by atoms with Crippen LogP contribution in [-0.4, -0.2) is 57.7 Å². The molecule has 0 rings (SSSR count). The van der Waals surface area contributed by atoms with Crippen molar-refractivity contribution in [3.05, 3.63) is 24.7 Å². The van der Waals surface area contributed by atoms with Gasteiger partial charge in [-0.05, 0) is 67.2 Å². The van der Waals surface area contributed by atoms with Gasteiger partial charge in [0.05, 0.1) is 12.5 Å². The number of hydrogen-bond donors (Lipinski definition) is 0. The first-order chi connectivity index (χ1) is 14.6. The van der Waals surface area contributed by atoms with Crippen LogP contribution in [0.4, 0.5) is 0 Å². The van der Waals surface area contributed by atoms with Crippen LogP contribution >= 0.6 is 0 Å². The van der Waals surface area contributed by atoms with Crippen LogP contribution in [0.15, 0.2) is 24.7 Å². The summed E-state index contributed by atoms with van der Waals surface area (Å²) in [6, 6.07) is 0. The Bertz CT molecular complexity index is 374. The fraction of sp³-hybridized carbons (Fsp3) is 0.800. The topological polar surface area (TPSA) is 73.8 Å². The van der Waals surface area contributed by atoms with E-state index in [-0.39, 0.29) is 0 Å². The predicted octanol–water partition coefficient (Wildman–Crippen LogP) is 4.70. The molecule has 0 fully saturated rings. The van der Waals surface area contributed by atoms with Crippen molar-refractivity contribution in [1.82, 2.24) is 0 Å². The molecule has 0 amide bonds. The van der Waals surface area contributed by atoms with Gasteiger partial charge in [0.1, 0.15) is 0 Å². The summed E-state index contributed by atoms with van der Waals surface area (Å²) in [7, 11) is -6.13. The van der Waals surface area contributed by atoms with Crippen molar-refractivity contribution in [2.24, 2.45) is 0 Å². The van der Waals surface area contributed by atoms with Crippen molar-refractivity contribution in [2.75, 3.05) is 39.6 Å². The van der Waals surface area contributed by atoms with Crippen LogP contribution in [0.25, 0.3) is 0 Å². The van der Waals surface area contributed by atoms with Gasteiger partial charge in [0.2, 0.25) is 0 Å². The zero-order valence-electron chi connectivity index (χ0n) is 19.6. The molecule has 8 nitrogen and oxygen atoms in total. The van der Waals surface area contributed by atoms with Gasteiger partial charge in [-0.15, -0.1) is 0 Å². The molecule has 0 aromatic carbocycles.